The predicted molar refractivity (Wildman–Crippen MR) is 65.0 cm³/mol. The van der Waals surface area contributed by atoms with Crippen molar-refractivity contribution in [3.05, 3.63) is 16.6 Å². The van der Waals surface area contributed by atoms with Gasteiger partial charge in [-0.1, -0.05) is 26.2 Å². The molecule has 2 rings (SSSR count). The van der Waals surface area contributed by atoms with E-state index in [9.17, 15) is 0 Å². The van der Waals surface area contributed by atoms with E-state index in [0.29, 0.717) is 6.04 Å². The number of rotatable bonds is 3. The Morgan fingerprint density at radius 2 is 2.27 bits per heavy atom. The molecule has 15 heavy (non-hydrogen) atoms. The number of thiazole rings is 1. The number of nitrogens with zero attached hydrogens (tertiary/aromatic N) is 1. The molecule has 1 aromatic rings. The Labute approximate surface area is 96.1 Å². The van der Waals surface area contributed by atoms with Gasteiger partial charge in [-0.3, -0.25) is 0 Å². The van der Waals surface area contributed by atoms with Crippen LogP contribution >= 0.6 is 11.3 Å². The quantitative estimate of drug-likeness (QED) is 0.798. The van der Waals surface area contributed by atoms with E-state index >= 15 is 0 Å². The lowest BCUT2D eigenvalue weighted by Crippen LogP contribution is -2.33. The molecule has 0 aromatic carbocycles. The summed E-state index contributed by atoms with van der Waals surface area (Å²) in [6.45, 7) is 3.33. The highest BCUT2D eigenvalue weighted by Gasteiger charge is 2.19. The van der Waals surface area contributed by atoms with Crippen LogP contribution in [-0.4, -0.2) is 11.0 Å². The van der Waals surface area contributed by atoms with Gasteiger partial charge in [-0.15, -0.1) is 11.3 Å². The summed E-state index contributed by atoms with van der Waals surface area (Å²) in [6, 6.07) is 0.705. The highest BCUT2D eigenvalue weighted by Crippen LogP contribution is 2.23. The number of nitrogens with one attached hydrogen (secondary N) is 1. The van der Waals surface area contributed by atoms with Crippen molar-refractivity contribution in [1.82, 2.24) is 10.3 Å². The van der Waals surface area contributed by atoms with Gasteiger partial charge in [-0.25, -0.2) is 4.98 Å². The summed E-state index contributed by atoms with van der Waals surface area (Å²) in [7, 11) is 0. The summed E-state index contributed by atoms with van der Waals surface area (Å²) in [5.74, 6) is 0.826. The van der Waals surface area contributed by atoms with Gasteiger partial charge in [0.2, 0.25) is 0 Å². The molecule has 1 aromatic heterocycles. The van der Waals surface area contributed by atoms with E-state index in [1.165, 1.54) is 37.1 Å². The third kappa shape index (κ3) is 3.28. The summed E-state index contributed by atoms with van der Waals surface area (Å²) in [6.07, 6.45) is 8.83. The van der Waals surface area contributed by atoms with Crippen molar-refractivity contribution in [1.29, 1.82) is 0 Å². The minimum absolute atomic E-state index is 0.705. The largest absolute Gasteiger partial charge is 0.307 e. The van der Waals surface area contributed by atoms with Crippen LogP contribution in [0, 0.1) is 5.92 Å². The van der Waals surface area contributed by atoms with Gasteiger partial charge in [0.05, 0.1) is 0 Å². The van der Waals surface area contributed by atoms with E-state index in [0.717, 1.165) is 12.5 Å². The molecule has 2 unspecified atom stereocenters. The van der Waals surface area contributed by atoms with Crippen LogP contribution in [0.2, 0.25) is 0 Å². The molecule has 1 N–H and O–H groups in total. The highest BCUT2D eigenvalue weighted by atomic mass is 32.1. The first-order chi connectivity index (χ1) is 7.36. The molecule has 1 fully saturated rings. The third-order valence-corrected chi connectivity index (χ3v) is 4.14. The number of aromatic nitrogens is 1. The number of hydrogen-bond acceptors (Lipinski definition) is 3. The molecule has 2 nitrogen and oxygen atoms in total. The predicted octanol–water partition coefficient (Wildman–Crippen LogP) is 3.20. The molecule has 2 atom stereocenters. The van der Waals surface area contributed by atoms with E-state index in [2.05, 4.69) is 17.2 Å². The van der Waals surface area contributed by atoms with E-state index < -0.39 is 0 Å². The second-order valence-corrected chi connectivity index (χ2v) is 5.51. The van der Waals surface area contributed by atoms with Crippen molar-refractivity contribution in [2.45, 2.75) is 51.6 Å². The Morgan fingerprint density at radius 1 is 1.40 bits per heavy atom. The molecule has 0 amide bonds. The lowest BCUT2D eigenvalue weighted by atomic mass is 9.97. The molecule has 1 aliphatic rings. The van der Waals surface area contributed by atoms with Gasteiger partial charge in [0, 0.05) is 24.2 Å². The molecule has 3 heteroatoms. The molecule has 0 saturated heterocycles. The van der Waals surface area contributed by atoms with Crippen LogP contribution in [0.5, 0.6) is 0 Å². The Bertz CT molecular complexity index is 271. The molecule has 0 aliphatic heterocycles. The van der Waals surface area contributed by atoms with Crippen LogP contribution in [0.4, 0.5) is 0 Å². The van der Waals surface area contributed by atoms with Gasteiger partial charge in [-0.2, -0.15) is 0 Å². The first-order valence-electron chi connectivity index (χ1n) is 5.98. The molecule has 1 saturated carbocycles. The number of hydrogen-bond donors (Lipinski definition) is 1. The van der Waals surface area contributed by atoms with Crippen molar-refractivity contribution < 1.29 is 0 Å². The van der Waals surface area contributed by atoms with Gasteiger partial charge < -0.3 is 5.32 Å². The summed E-state index contributed by atoms with van der Waals surface area (Å²) >= 11 is 1.74. The second-order valence-electron chi connectivity index (χ2n) is 4.53. The maximum Gasteiger partial charge on any atom is 0.106 e. The van der Waals surface area contributed by atoms with Crippen molar-refractivity contribution >= 4 is 11.3 Å². The third-order valence-electron chi connectivity index (χ3n) is 3.36. The molecule has 0 radical (unpaired) electrons. The van der Waals surface area contributed by atoms with Gasteiger partial charge >= 0.3 is 0 Å². The summed E-state index contributed by atoms with van der Waals surface area (Å²) < 4.78 is 0. The first-order valence-corrected chi connectivity index (χ1v) is 6.86. The Kier molecular flexibility index (Phi) is 4.15. The van der Waals surface area contributed by atoms with Crippen LogP contribution in [0.25, 0.3) is 0 Å². The van der Waals surface area contributed by atoms with Gasteiger partial charge in [-0.05, 0) is 18.8 Å². The normalized spacial score (nSPS) is 27.5. The molecule has 1 aliphatic carbocycles. The average molecular weight is 224 g/mol. The monoisotopic (exact) mass is 224 g/mol. The molecular formula is C12H20N2S. The summed E-state index contributed by atoms with van der Waals surface area (Å²) in [4.78, 5) is 4.31. The van der Waals surface area contributed by atoms with Crippen LogP contribution in [-0.2, 0) is 6.54 Å². The topological polar surface area (TPSA) is 24.9 Å². The highest BCUT2D eigenvalue weighted by molar-refractivity contribution is 7.09. The van der Waals surface area contributed by atoms with Crippen molar-refractivity contribution in [2.24, 2.45) is 5.92 Å². The van der Waals surface area contributed by atoms with Crippen LogP contribution < -0.4 is 5.32 Å². The smallest absolute Gasteiger partial charge is 0.106 e. The van der Waals surface area contributed by atoms with Gasteiger partial charge in [0.25, 0.3) is 0 Å². The van der Waals surface area contributed by atoms with Crippen LogP contribution in [0.3, 0.4) is 0 Å². The van der Waals surface area contributed by atoms with Crippen molar-refractivity contribution in [3.8, 4) is 0 Å². The van der Waals surface area contributed by atoms with Gasteiger partial charge in [0.15, 0.2) is 0 Å². The Balaban J connectivity index is 1.81. The zero-order valence-corrected chi connectivity index (χ0v) is 10.2. The Morgan fingerprint density at radius 3 is 3.07 bits per heavy atom. The minimum Gasteiger partial charge on any atom is -0.307 e. The first kappa shape index (κ1) is 11.1. The lowest BCUT2D eigenvalue weighted by Gasteiger charge is -2.22. The average Bonchev–Trinajstić information content (AvgIpc) is 2.67. The zero-order valence-electron chi connectivity index (χ0n) is 9.41. The maximum atomic E-state index is 4.31. The second kappa shape index (κ2) is 5.61. The Hall–Kier alpha value is -0.410. The fourth-order valence-electron chi connectivity index (χ4n) is 2.35. The zero-order chi connectivity index (χ0) is 10.5. The molecule has 1 heterocycles. The summed E-state index contributed by atoms with van der Waals surface area (Å²) in [5.41, 5.74) is 0. The fourth-order valence-corrected chi connectivity index (χ4v) is 2.92. The van der Waals surface area contributed by atoms with Gasteiger partial charge in [0.1, 0.15) is 5.01 Å². The molecule has 0 spiro atoms. The molecular weight excluding hydrogens is 204 g/mol. The molecule has 84 valence electrons. The van der Waals surface area contributed by atoms with E-state index in [1.807, 2.05) is 11.6 Å². The lowest BCUT2D eigenvalue weighted by molar-refractivity contribution is 0.356. The SMILES string of the molecule is CC1CCCCCC1NCc1nccs1. The van der Waals surface area contributed by atoms with Crippen molar-refractivity contribution in [3.63, 3.8) is 0 Å². The van der Waals surface area contributed by atoms with Crippen molar-refractivity contribution in [2.75, 3.05) is 0 Å². The minimum atomic E-state index is 0.705. The molecule has 0 bridgehead atoms. The van der Waals surface area contributed by atoms with Crippen LogP contribution in [0.15, 0.2) is 11.6 Å². The van der Waals surface area contributed by atoms with Crippen LogP contribution in [0.1, 0.15) is 44.0 Å². The summed E-state index contributed by atoms with van der Waals surface area (Å²) in [5, 5.41) is 6.93. The van der Waals surface area contributed by atoms with E-state index in [-0.39, 0.29) is 0 Å². The van der Waals surface area contributed by atoms with E-state index in [4.69, 9.17) is 0 Å². The van der Waals surface area contributed by atoms with E-state index in [1.54, 1.807) is 11.3 Å². The fraction of sp³-hybridized carbons (Fsp3) is 0.750. The standard InChI is InChI=1S/C12H20N2S/c1-10-5-3-2-4-6-11(10)14-9-12-13-7-8-15-12/h7-8,10-11,14H,2-6,9H2,1H3. The maximum absolute atomic E-state index is 4.31.